The zero-order valence-electron chi connectivity index (χ0n) is 11.2. The predicted octanol–water partition coefficient (Wildman–Crippen LogP) is 3.52. The van der Waals surface area contributed by atoms with E-state index in [4.69, 9.17) is 11.0 Å². The topological polar surface area (TPSA) is 61.8 Å². The lowest BCUT2D eigenvalue weighted by Crippen LogP contribution is -2.31. The fourth-order valence-electron chi connectivity index (χ4n) is 2.80. The maximum Gasteiger partial charge on any atom is 0.101 e. The third-order valence-electron chi connectivity index (χ3n) is 3.75. The minimum atomic E-state index is 0.418. The highest BCUT2D eigenvalue weighted by atomic mass is 14.9. The first kappa shape index (κ1) is 12.8. The monoisotopic (exact) mass is 243 g/mol. The highest BCUT2D eigenvalue weighted by molar-refractivity contribution is 5.62. The molecule has 0 aromatic heterocycles. The zero-order valence-corrected chi connectivity index (χ0v) is 11.2. The van der Waals surface area contributed by atoms with Gasteiger partial charge in [-0.3, -0.25) is 0 Å². The molecule has 0 radical (unpaired) electrons. The van der Waals surface area contributed by atoms with Crippen molar-refractivity contribution in [1.29, 1.82) is 5.26 Å². The Labute approximate surface area is 109 Å². The molecule has 3 N–H and O–H groups in total. The molecule has 0 amide bonds. The van der Waals surface area contributed by atoms with Crippen molar-refractivity contribution in [3.05, 3.63) is 23.8 Å². The lowest BCUT2D eigenvalue weighted by atomic mass is 9.75. The van der Waals surface area contributed by atoms with Crippen LogP contribution in [0.2, 0.25) is 0 Å². The minimum absolute atomic E-state index is 0.418. The summed E-state index contributed by atoms with van der Waals surface area (Å²) in [7, 11) is 0. The van der Waals surface area contributed by atoms with Gasteiger partial charge in [0.05, 0.1) is 5.56 Å². The van der Waals surface area contributed by atoms with Crippen molar-refractivity contribution in [1.82, 2.24) is 0 Å². The lowest BCUT2D eigenvalue weighted by Gasteiger charge is -2.36. The van der Waals surface area contributed by atoms with Crippen LogP contribution in [0.4, 0.5) is 11.4 Å². The molecule has 0 saturated heterocycles. The van der Waals surface area contributed by atoms with Gasteiger partial charge in [0.25, 0.3) is 0 Å². The molecule has 3 nitrogen and oxygen atoms in total. The lowest BCUT2D eigenvalue weighted by molar-refractivity contribution is 0.229. The summed E-state index contributed by atoms with van der Waals surface area (Å²) in [5.74, 6) is 0. The molecule has 1 saturated carbocycles. The van der Waals surface area contributed by atoms with E-state index in [-0.39, 0.29) is 0 Å². The number of benzene rings is 1. The van der Waals surface area contributed by atoms with Gasteiger partial charge in [-0.25, -0.2) is 0 Å². The van der Waals surface area contributed by atoms with E-state index in [1.165, 1.54) is 25.7 Å². The Morgan fingerprint density at radius 3 is 2.89 bits per heavy atom. The molecule has 1 aliphatic rings. The van der Waals surface area contributed by atoms with Gasteiger partial charge in [-0.05, 0) is 42.9 Å². The SMILES string of the molecule is CC1(C)CCCC(Nc2ccc(N)c(C#N)c2)C1. The highest BCUT2D eigenvalue weighted by Gasteiger charge is 2.27. The molecule has 1 unspecified atom stereocenters. The minimum Gasteiger partial charge on any atom is -0.398 e. The van der Waals surface area contributed by atoms with E-state index >= 15 is 0 Å². The predicted molar refractivity (Wildman–Crippen MR) is 75.2 cm³/mol. The molecule has 0 aliphatic heterocycles. The van der Waals surface area contributed by atoms with Crippen LogP contribution in [0, 0.1) is 16.7 Å². The van der Waals surface area contributed by atoms with E-state index in [1.54, 1.807) is 6.07 Å². The first-order valence-corrected chi connectivity index (χ1v) is 6.56. The van der Waals surface area contributed by atoms with Crippen molar-refractivity contribution >= 4 is 11.4 Å². The number of rotatable bonds is 2. The van der Waals surface area contributed by atoms with Crippen molar-refractivity contribution in [2.75, 3.05) is 11.1 Å². The molecule has 1 aromatic carbocycles. The van der Waals surface area contributed by atoms with E-state index < -0.39 is 0 Å². The highest BCUT2D eigenvalue weighted by Crippen LogP contribution is 2.36. The van der Waals surface area contributed by atoms with Gasteiger partial charge in [0.2, 0.25) is 0 Å². The molecular weight excluding hydrogens is 222 g/mol. The van der Waals surface area contributed by atoms with Crippen LogP contribution in [0.3, 0.4) is 0 Å². The molecule has 0 spiro atoms. The van der Waals surface area contributed by atoms with E-state index in [0.717, 1.165) is 5.69 Å². The Morgan fingerprint density at radius 1 is 1.44 bits per heavy atom. The van der Waals surface area contributed by atoms with Gasteiger partial charge in [0.1, 0.15) is 6.07 Å². The van der Waals surface area contributed by atoms with Crippen LogP contribution in [-0.2, 0) is 0 Å². The van der Waals surface area contributed by atoms with Crippen molar-refractivity contribution in [3.8, 4) is 6.07 Å². The van der Waals surface area contributed by atoms with Crippen molar-refractivity contribution in [3.63, 3.8) is 0 Å². The maximum atomic E-state index is 8.97. The van der Waals surface area contributed by atoms with Crippen molar-refractivity contribution < 1.29 is 0 Å². The average Bonchev–Trinajstić information content (AvgIpc) is 2.30. The molecule has 2 rings (SSSR count). The van der Waals surface area contributed by atoms with E-state index in [9.17, 15) is 0 Å². The number of nitrogens with zero attached hydrogens (tertiary/aromatic N) is 1. The smallest absolute Gasteiger partial charge is 0.101 e. The summed E-state index contributed by atoms with van der Waals surface area (Å²) >= 11 is 0. The molecule has 1 aromatic rings. The number of hydrogen-bond donors (Lipinski definition) is 2. The van der Waals surface area contributed by atoms with E-state index in [2.05, 4.69) is 25.2 Å². The standard InChI is InChI=1S/C15H21N3/c1-15(2)7-3-4-13(9-15)18-12-5-6-14(17)11(8-12)10-16/h5-6,8,13,18H,3-4,7,9,17H2,1-2H3. The maximum absolute atomic E-state index is 8.97. The average molecular weight is 243 g/mol. The van der Waals surface area contributed by atoms with Crippen LogP contribution in [-0.4, -0.2) is 6.04 Å². The number of nitriles is 1. The van der Waals surface area contributed by atoms with Crippen LogP contribution in [0.15, 0.2) is 18.2 Å². The fraction of sp³-hybridized carbons (Fsp3) is 0.533. The number of hydrogen-bond acceptors (Lipinski definition) is 3. The molecule has 18 heavy (non-hydrogen) atoms. The number of anilines is 2. The first-order valence-electron chi connectivity index (χ1n) is 6.56. The molecule has 3 heteroatoms. The normalized spacial score (nSPS) is 22.2. The summed E-state index contributed by atoms with van der Waals surface area (Å²) in [4.78, 5) is 0. The molecule has 0 bridgehead atoms. The second-order valence-electron chi connectivity index (χ2n) is 6.02. The largest absolute Gasteiger partial charge is 0.398 e. The molecule has 1 aliphatic carbocycles. The van der Waals surface area contributed by atoms with Gasteiger partial charge >= 0.3 is 0 Å². The Balaban J connectivity index is 2.08. The summed E-state index contributed by atoms with van der Waals surface area (Å²) in [5.41, 5.74) is 8.25. The van der Waals surface area contributed by atoms with Gasteiger partial charge in [0, 0.05) is 17.4 Å². The van der Waals surface area contributed by atoms with Crippen molar-refractivity contribution in [2.45, 2.75) is 45.6 Å². The van der Waals surface area contributed by atoms with Gasteiger partial charge in [-0.1, -0.05) is 20.3 Å². The number of nitrogens with two attached hydrogens (primary N) is 1. The van der Waals surface area contributed by atoms with E-state index in [1.807, 2.05) is 12.1 Å². The first-order chi connectivity index (χ1) is 8.50. The van der Waals surface area contributed by atoms with Gasteiger partial charge in [0.15, 0.2) is 0 Å². The second-order valence-corrected chi connectivity index (χ2v) is 6.02. The molecule has 96 valence electrons. The van der Waals surface area contributed by atoms with Crippen LogP contribution in [0.1, 0.15) is 45.1 Å². The van der Waals surface area contributed by atoms with Crippen LogP contribution >= 0.6 is 0 Å². The van der Waals surface area contributed by atoms with Gasteiger partial charge < -0.3 is 11.1 Å². The van der Waals surface area contributed by atoms with E-state index in [0.29, 0.717) is 22.7 Å². The molecule has 0 heterocycles. The second kappa shape index (κ2) is 4.89. The Hall–Kier alpha value is -1.69. The Kier molecular flexibility index (Phi) is 3.47. The van der Waals surface area contributed by atoms with Gasteiger partial charge in [-0.15, -0.1) is 0 Å². The fourth-order valence-corrected chi connectivity index (χ4v) is 2.80. The third-order valence-corrected chi connectivity index (χ3v) is 3.75. The van der Waals surface area contributed by atoms with Crippen LogP contribution in [0.5, 0.6) is 0 Å². The molecule has 1 atom stereocenters. The summed E-state index contributed by atoms with van der Waals surface area (Å²) in [6.45, 7) is 4.65. The zero-order chi connectivity index (χ0) is 13.2. The third kappa shape index (κ3) is 2.95. The van der Waals surface area contributed by atoms with Crippen molar-refractivity contribution in [2.24, 2.45) is 5.41 Å². The number of nitrogen functional groups attached to an aromatic ring is 1. The summed E-state index contributed by atoms with van der Waals surface area (Å²) in [6, 6.07) is 8.23. The Bertz CT molecular complexity index is 471. The summed E-state index contributed by atoms with van der Waals surface area (Å²) in [6.07, 6.45) is 4.95. The molecular formula is C15H21N3. The van der Waals surface area contributed by atoms with Gasteiger partial charge in [-0.2, -0.15) is 5.26 Å². The summed E-state index contributed by atoms with van der Waals surface area (Å²) in [5, 5.41) is 12.5. The quantitative estimate of drug-likeness (QED) is 0.781. The molecule has 1 fully saturated rings. The number of nitrogens with one attached hydrogen (secondary N) is 1. The Morgan fingerprint density at radius 2 is 2.22 bits per heavy atom. The summed E-state index contributed by atoms with van der Waals surface area (Å²) < 4.78 is 0. The van der Waals surface area contributed by atoms with Crippen LogP contribution in [0.25, 0.3) is 0 Å². The van der Waals surface area contributed by atoms with Crippen LogP contribution < -0.4 is 11.1 Å².